The van der Waals surface area contributed by atoms with Gasteiger partial charge in [-0.3, -0.25) is 4.40 Å². The molecule has 0 fully saturated rings. The maximum atomic E-state index is 6.35. The molecule has 110 valence electrons. The van der Waals surface area contributed by atoms with E-state index in [4.69, 9.17) is 5.73 Å². The van der Waals surface area contributed by atoms with Gasteiger partial charge in [-0.05, 0) is 37.6 Å². The molecule has 0 aromatic carbocycles. The molecule has 0 spiro atoms. The number of pyridine rings is 1. The third kappa shape index (κ3) is 2.97. The number of thiophene rings is 1. The standard InChI is InChI=1S/C15H18N4S2/c1-3-11(16)14(12-8-7-10(2)20-12)21-15-18-17-13-6-4-5-9-19(13)15/h4-9,11,14H,3,16H2,1-2H3. The zero-order valence-corrected chi connectivity index (χ0v) is 13.7. The van der Waals surface area contributed by atoms with Gasteiger partial charge in [-0.25, -0.2) is 0 Å². The molecule has 0 amide bonds. The fraction of sp³-hybridized carbons (Fsp3) is 0.333. The predicted molar refractivity (Wildman–Crippen MR) is 88.9 cm³/mol. The molecule has 3 aromatic rings. The van der Waals surface area contributed by atoms with Crippen molar-refractivity contribution in [3.8, 4) is 0 Å². The molecular formula is C15H18N4S2. The summed E-state index contributed by atoms with van der Waals surface area (Å²) < 4.78 is 2.01. The van der Waals surface area contributed by atoms with Gasteiger partial charge in [-0.2, -0.15) is 0 Å². The minimum atomic E-state index is 0.101. The highest BCUT2D eigenvalue weighted by molar-refractivity contribution is 7.99. The Kier molecular flexibility index (Phi) is 4.28. The number of aryl methyl sites for hydroxylation is 1. The maximum absolute atomic E-state index is 6.35. The van der Waals surface area contributed by atoms with Crippen molar-refractivity contribution in [1.82, 2.24) is 14.6 Å². The van der Waals surface area contributed by atoms with E-state index in [1.807, 2.05) is 40.1 Å². The summed E-state index contributed by atoms with van der Waals surface area (Å²) in [7, 11) is 0. The van der Waals surface area contributed by atoms with Gasteiger partial charge < -0.3 is 5.73 Å². The smallest absolute Gasteiger partial charge is 0.196 e. The van der Waals surface area contributed by atoms with E-state index in [9.17, 15) is 0 Å². The number of rotatable bonds is 5. The minimum Gasteiger partial charge on any atom is -0.326 e. The molecular weight excluding hydrogens is 300 g/mol. The Bertz CT molecular complexity index is 734. The number of aromatic nitrogens is 3. The van der Waals surface area contributed by atoms with Gasteiger partial charge >= 0.3 is 0 Å². The first-order valence-corrected chi connectivity index (χ1v) is 8.67. The molecule has 0 aliphatic carbocycles. The Balaban J connectivity index is 1.94. The van der Waals surface area contributed by atoms with E-state index in [1.54, 1.807) is 11.8 Å². The van der Waals surface area contributed by atoms with Crippen LogP contribution in [-0.2, 0) is 0 Å². The highest BCUT2D eigenvalue weighted by Gasteiger charge is 2.23. The Labute approximate surface area is 132 Å². The molecule has 6 heteroatoms. The molecule has 2 unspecified atom stereocenters. The summed E-state index contributed by atoms with van der Waals surface area (Å²) in [6.45, 7) is 4.25. The summed E-state index contributed by atoms with van der Waals surface area (Å²) in [5.41, 5.74) is 7.21. The second-order valence-electron chi connectivity index (χ2n) is 4.97. The number of hydrogen-bond donors (Lipinski definition) is 1. The van der Waals surface area contributed by atoms with E-state index < -0.39 is 0 Å². The van der Waals surface area contributed by atoms with E-state index in [0.717, 1.165) is 17.2 Å². The molecule has 2 atom stereocenters. The summed E-state index contributed by atoms with van der Waals surface area (Å²) in [4.78, 5) is 2.62. The van der Waals surface area contributed by atoms with Gasteiger partial charge in [0.25, 0.3) is 0 Å². The lowest BCUT2D eigenvalue weighted by atomic mass is 10.1. The van der Waals surface area contributed by atoms with Gasteiger partial charge in [-0.15, -0.1) is 21.5 Å². The molecule has 0 radical (unpaired) electrons. The third-order valence-electron chi connectivity index (χ3n) is 3.42. The normalized spacial score (nSPS) is 14.4. The van der Waals surface area contributed by atoms with Gasteiger partial charge in [0.1, 0.15) is 0 Å². The lowest BCUT2D eigenvalue weighted by Crippen LogP contribution is -2.25. The molecule has 0 bridgehead atoms. The number of thioether (sulfide) groups is 1. The van der Waals surface area contributed by atoms with Crippen molar-refractivity contribution in [3.05, 3.63) is 46.3 Å². The monoisotopic (exact) mass is 318 g/mol. The Hall–Kier alpha value is -1.37. The molecule has 2 N–H and O–H groups in total. The Morgan fingerprint density at radius 3 is 2.86 bits per heavy atom. The first-order valence-electron chi connectivity index (χ1n) is 6.97. The van der Waals surface area contributed by atoms with Crippen LogP contribution in [0.5, 0.6) is 0 Å². The first kappa shape index (κ1) is 14.6. The van der Waals surface area contributed by atoms with Crippen LogP contribution in [0.2, 0.25) is 0 Å². The van der Waals surface area contributed by atoms with Crippen molar-refractivity contribution in [2.75, 3.05) is 0 Å². The van der Waals surface area contributed by atoms with Crippen molar-refractivity contribution >= 4 is 28.7 Å². The van der Waals surface area contributed by atoms with Crippen LogP contribution in [0.15, 0.2) is 41.7 Å². The van der Waals surface area contributed by atoms with Crippen molar-refractivity contribution in [2.45, 2.75) is 36.7 Å². The SMILES string of the molecule is CCC(N)C(Sc1nnc2ccccn12)c1ccc(C)s1. The topological polar surface area (TPSA) is 56.2 Å². The molecule has 21 heavy (non-hydrogen) atoms. The van der Waals surface area contributed by atoms with Crippen molar-refractivity contribution < 1.29 is 0 Å². The minimum absolute atomic E-state index is 0.101. The van der Waals surface area contributed by atoms with Gasteiger partial charge in [-0.1, -0.05) is 24.8 Å². The summed E-state index contributed by atoms with van der Waals surface area (Å²) >= 11 is 3.51. The van der Waals surface area contributed by atoms with E-state index in [0.29, 0.717) is 0 Å². The predicted octanol–water partition coefficient (Wildman–Crippen LogP) is 3.67. The van der Waals surface area contributed by atoms with Gasteiger partial charge in [0.05, 0.1) is 5.25 Å². The fourth-order valence-electron chi connectivity index (χ4n) is 2.19. The van der Waals surface area contributed by atoms with Crippen LogP contribution >= 0.6 is 23.1 Å². The lowest BCUT2D eigenvalue weighted by Gasteiger charge is -2.20. The highest BCUT2D eigenvalue weighted by Crippen LogP contribution is 2.40. The van der Waals surface area contributed by atoms with Crippen molar-refractivity contribution in [1.29, 1.82) is 0 Å². The number of fused-ring (bicyclic) bond motifs is 1. The average Bonchev–Trinajstić information content (AvgIpc) is 3.10. The first-order chi connectivity index (χ1) is 10.2. The summed E-state index contributed by atoms with van der Waals surface area (Å²) in [6.07, 6.45) is 2.93. The van der Waals surface area contributed by atoms with Crippen molar-refractivity contribution in [3.63, 3.8) is 0 Å². The third-order valence-corrected chi connectivity index (χ3v) is 6.00. The highest BCUT2D eigenvalue weighted by atomic mass is 32.2. The average molecular weight is 318 g/mol. The van der Waals surface area contributed by atoms with Crippen LogP contribution in [0.25, 0.3) is 5.65 Å². The number of hydrogen-bond acceptors (Lipinski definition) is 5. The zero-order valence-electron chi connectivity index (χ0n) is 12.1. The van der Waals surface area contributed by atoms with Crippen LogP contribution in [0.1, 0.15) is 28.3 Å². The largest absolute Gasteiger partial charge is 0.326 e. The van der Waals surface area contributed by atoms with Crippen LogP contribution in [0.4, 0.5) is 0 Å². The number of nitrogens with zero attached hydrogens (tertiary/aromatic N) is 3. The quantitative estimate of drug-likeness (QED) is 0.729. The molecule has 3 rings (SSSR count). The second-order valence-corrected chi connectivity index (χ2v) is 7.40. The maximum Gasteiger partial charge on any atom is 0.196 e. The van der Waals surface area contributed by atoms with E-state index >= 15 is 0 Å². The molecule has 4 nitrogen and oxygen atoms in total. The number of nitrogens with two attached hydrogens (primary N) is 1. The van der Waals surface area contributed by atoms with Gasteiger partial charge in [0.15, 0.2) is 10.8 Å². The molecule has 0 saturated carbocycles. The van der Waals surface area contributed by atoms with Gasteiger partial charge in [0.2, 0.25) is 0 Å². The Morgan fingerprint density at radius 1 is 1.29 bits per heavy atom. The lowest BCUT2D eigenvalue weighted by molar-refractivity contribution is 0.638. The molecule has 0 aliphatic rings. The van der Waals surface area contributed by atoms with Gasteiger partial charge in [0, 0.05) is 22.0 Å². The van der Waals surface area contributed by atoms with E-state index in [-0.39, 0.29) is 11.3 Å². The molecule has 3 heterocycles. The molecule has 0 aliphatic heterocycles. The Morgan fingerprint density at radius 2 is 2.14 bits per heavy atom. The van der Waals surface area contributed by atoms with Crippen LogP contribution in [0.3, 0.4) is 0 Å². The van der Waals surface area contributed by atoms with E-state index in [2.05, 4.69) is 36.2 Å². The van der Waals surface area contributed by atoms with Crippen LogP contribution < -0.4 is 5.73 Å². The van der Waals surface area contributed by atoms with Crippen molar-refractivity contribution in [2.24, 2.45) is 5.73 Å². The summed E-state index contributed by atoms with van der Waals surface area (Å²) in [6, 6.07) is 10.3. The second kappa shape index (κ2) is 6.17. The molecule has 0 saturated heterocycles. The van der Waals surface area contributed by atoms with E-state index in [1.165, 1.54) is 9.75 Å². The summed E-state index contributed by atoms with van der Waals surface area (Å²) in [5, 5.41) is 9.62. The summed E-state index contributed by atoms with van der Waals surface area (Å²) in [5.74, 6) is 0. The zero-order chi connectivity index (χ0) is 14.8. The van der Waals surface area contributed by atoms with Crippen LogP contribution in [0, 0.1) is 6.92 Å². The molecule has 3 aromatic heterocycles. The van der Waals surface area contributed by atoms with Crippen LogP contribution in [-0.4, -0.2) is 20.6 Å². The fourth-order valence-corrected chi connectivity index (χ4v) is 4.56.